The van der Waals surface area contributed by atoms with E-state index in [1.54, 1.807) is 6.07 Å². The first-order valence-electron chi connectivity index (χ1n) is 10.4. The van der Waals surface area contributed by atoms with Gasteiger partial charge in [0.1, 0.15) is 11.5 Å². The van der Waals surface area contributed by atoms with Gasteiger partial charge in [-0.05, 0) is 25.3 Å². The Bertz CT molecular complexity index is 1130. The van der Waals surface area contributed by atoms with E-state index < -0.39 is 0 Å². The van der Waals surface area contributed by atoms with Crippen LogP contribution in [0.5, 0.6) is 0 Å². The number of benzene rings is 1. The SMILES string of the molecule is Cc1[nH]c(-c2ccccc2)nc1C(=O)NC[C@H]1[C@@H]2CNC[C@@H](C2)c2cccc(=O)n21. The molecule has 1 fully saturated rings. The zero-order valence-electron chi connectivity index (χ0n) is 16.9. The molecule has 7 heteroatoms. The Morgan fingerprint density at radius 1 is 1.17 bits per heavy atom. The quantitative estimate of drug-likeness (QED) is 0.623. The number of piperidine rings is 1. The molecule has 0 aliphatic carbocycles. The molecule has 0 saturated carbocycles. The van der Waals surface area contributed by atoms with Gasteiger partial charge in [-0.1, -0.05) is 36.4 Å². The van der Waals surface area contributed by atoms with Crippen LogP contribution in [0.4, 0.5) is 0 Å². The lowest BCUT2D eigenvalue weighted by atomic mass is 9.79. The smallest absolute Gasteiger partial charge is 0.271 e. The van der Waals surface area contributed by atoms with E-state index in [4.69, 9.17) is 0 Å². The van der Waals surface area contributed by atoms with Crippen molar-refractivity contribution in [2.45, 2.75) is 25.3 Å². The van der Waals surface area contributed by atoms with Crippen LogP contribution in [0.25, 0.3) is 11.4 Å². The monoisotopic (exact) mass is 403 g/mol. The number of H-pyrrole nitrogens is 1. The van der Waals surface area contributed by atoms with Crippen molar-refractivity contribution in [1.29, 1.82) is 0 Å². The second-order valence-corrected chi connectivity index (χ2v) is 8.21. The molecule has 0 radical (unpaired) electrons. The molecule has 3 atom stereocenters. The van der Waals surface area contributed by atoms with Gasteiger partial charge in [-0.3, -0.25) is 9.59 Å². The van der Waals surface area contributed by atoms with Crippen LogP contribution in [0.1, 0.15) is 40.3 Å². The minimum atomic E-state index is -0.220. The van der Waals surface area contributed by atoms with Crippen molar-refractivity contribution in [2.75, 3.05) is 19.6 Å². The van der Waals surface area contributed by atoms with Crippen molar-refractivity contribution < 1.29 is 4.79 Å². The van der Waals surface area contributed by atoms with Crippen LogP contribution in [0, 0.1) is 12.8 Å². The molecule has 1 saturated heterocycles. The van der Waals surface area contributed by atoms with Crippen molar-refractivity contribution in [1.82, 2.24) is 25.2 Å². The second-order valence-electron chi connectivity index (χ2n) is 8.21. The molecular formula is C23H25N5O2. The van der Waals surface area contributed by atoms with E-state index in [-0.39, 0.29) is 17.5 Å². The number of pyridine rings is 1. The first-order chi connectivity index (χ1) is 14.6. The van der Waals surface area contributed by atoms with Gasteiger partial charge >= 0.3 is 0 Å². The van der Waals surface area contributed by atoms with E-state index in [1.807, 2.05) is 54.0 Å². The number of aryl methyl sites for hydroxylation is 1. The van der Waals surface area contributed by atoms with Crippen LogP contribution < -0.4 is 16.2 Å². The molecule has 4 heterocycles. The lowest BCUT2D eigenvalue weighted by Gasteiger charge is -2.43. The standard InChI is InChI=1S/C23H25N5O2/c1-14-21(27-22(26-14)15-6-3-2-4-7-15)23(30)25-13-19-17-10-16(11-24-12-17)18-8-5-9-20(29)28(18)19/h2-9,16-17,19,24H,10-13H2,1H3,(H,25,30)(H,26,27)/t16-,17+,19+/m1/s1. The summed E-state index contributed by atoms with van der Waals surface area (Å²) >= 11 is 0. The number of hydrogen-bond acceptors (Lipinski definition) is 4. The van der Waals surface area contributed by atoms with Crippen LogP contribution in [0.2, 0.25) is 0 Å². The number of carbonyl (C=O) groups is 1. The number of aromatic amines is 1. The van der Waals surface area contributed by atoms with Crippen LogP contribution >= 0.6 is 0 Å². The molecule has 1 amide bonds. The zero-order chi connectivity index (χ0) is 20.7. The van der Waals surface area contributed by atoms with Crippen molar-refractivity contribution in [3.8, 4) is 11.4 Å². The van der Waals surface area contributed by atoms with Crippen LogP contribution in [0.15, 0.2) is 53.3 Å². The Balaban J connectivity index is 1.38. The third kappa shape index (κ3) is 3.25. The van der Waals surface area contributed by atoms with Crippen LogP contribution in [-0.4, -0.2) is 40.1 Å². The number of rotatable bonds is 4. The number of nitrogens with one attached hydrogen (secondary N) is 3. The lowest BCUT2D eigenvalue weighted by molar-refractivity contribution is 0.0927. The van der Waals surface area contributed by atoms with Gasteiger partial charge in [0.05, 0.1) is 6.04 Å². The molecule has 2 bridgehead atoms. The highest BCUT2D eigenvalue weighted by molar-refractivity contribution is 5.94. The average molecular weight is 403 g/mol. The maximum Gasteiger partial charge on any atom is 0.271 e. The number of aromatic nitrogens is 3. The fourth-order valence-corrected chi connectivity index (χ4v) is 4.86. The number of amides is 1. The third-order valence-electron chi connectivity index (χ3n) is 6.32. The van der Waals surface area contributed by atoms with Gasteiger partial charge in [-0.25, -0.2) is 4.98 Å². The number of hydrogen-bond donors (Lipinski definition) is 3. The van der Waals surface area contributed by atoms with Crippen molar-refractivity contribution in [2.24, 2.45) is 5.92 Å². The van der Waals surface area contributed by atoms with Gasteiger partial charge in [0.25, 0.3) is 11.5 Å². The molecule has 3 aromatic rings. The summed E-state index contributed by atoms with van der Waals surface area (Å²) in [7, 11) is 0. The highest BCUT2D eigenvalue weighted by atomic mass is 16.2. The molecule has 0 unspecified atom stereocenters. The number of fused-ring (bicyclic) bond motifs is 4. The molecular weight excluding hydrogens is 378 g/mol. The number of carbonyl (C=O) groups excluding carboxylic acids is 1. The van der Waals surface area contributed by atoms with E-state index in [1.165, 1.54) is 0 Å². The Labute approximate surface area is 174 Å². The predicted molar refractivity (Wildman–Crippen MR) is 115 cm³/mol. The number of imidazole rings is 1. The van der Waals surface area contributed by atoms with Gasteiger partial charge in [0.2, 0.25) is 0 Å². The minimum Gasteiger partial charge on any atom is -0.349 e. The molecule has 154 valence electrons. The molecule has 1 aromatic carbocycles. The summed E-state index contributed by atoms with van der Waals surface area (Å²) in [4.78, 5) is 33.3. The highest BCUT2D eigenvalue weighted by Gasteiger charge is 2.37. The second kappa shape index (κ2) is 7.57. The van der Waals surface area contributed by atoms with Gasteiger partial charge in [0.15, 0.2) is 0 Å². The molecule has 2 aliphatic heterocycles. The van der Waals surface area contributed by atoms with Crippen LogP contribution in [0.3, 0.4) is 0 Å². The molecule has 3 N–H and O–H groups in total. The third-order valence-corrected chi connectivity index (χ3v) is 6.32. The Morgan fingerprint density at radius 2 is 2.00 bits per heavy atom. The summed E-state index contributed by atoms with van der Waals surface area (Å²) in [6, 6.07) is 15.2. The predicted octanol–water partition coefficient (Wildman–Crippen LogP) is 2.22. The fourth-order valence-electron chi connectivity index (χ4n) is 4.86. The van der Waals surface area contributed by atoms with Gasteiger partial charge in [-0.15, -0.1) is 0 Å². The average Bonchev–Trinajstić information content (AvgIpc) is 3.16. The van der Waals surface area contributed by atoms with E-state index in [9.17, 15) is 9.59 Å². The summed E-state index contributed by atoms with van der Waals surface area (Å²) in [6.45, 7) is 4.01. The molecule has 0 spiro atoms. The van der Waals surface area contributed by atoms with Crippen LogP contribution in [-0.2, 0) is 0 Å². The summed E-state index contributed by atoms with van der Waals surface area (Å²) in [5.41, 5.74) is 3.13. The first-order valence-corrected chi connectivity index (χ1v) is 10.4. The lowest BCUT2D eigenvalue weighted by Crippen LogP contribution is -2.50. The van der Waals surface area contributed by atoms with Gasteiger partial charge in [0, 0.05) is 48.6 Å². The summed E-state index contributed by atoms with van der Waals surface area (Å²) in [5.74, 6) is 1.13. The molecule has 5 rings (SSSR count). The Morgan fingerprint density at radius 3 is 2.83 bits per heavy atom. The van der Waals surface area contributed by atoms with Crippen molar-refractivity contribution in [3.05, 3.63) is 76.0 Å². The Kier molecular flexibility index (Phi) is 4.75. The summed E-state index contributed by atoms with van der Waals surface area (Å²) < 4.78 is 1.90. The highest BCUT2D eigenvalue weighted by Crippen LogP contribution is 2.38. The normalized spacial score (nSPS) is 22.4. The van der Waals surface area contributed by atoms with E-state index in [2.05, 4.69) is 20.6 Å². The first kappa shape index (κ1) is 18.8. The zero-order valence-corrected chi connectivity index (χ0v) is 16.9. The van der Waals surface area contributed by atoms with E-state index in [0.29, 0.717) is 29.9 Å². The molecule has 7 nitrogen and oxygen atoms in total. The summed E-state index contributed by atoms with van der Waals surface area (Å²) in [6.07, 6.45) is 1.04. The summed E-state index contributed by atoms with van der Waals surface area (Å²) in [5, 5.41) is 6.52. The maximum atomic E-state index is 12.9. The fraction of sp³-hybridized carbons (Fsp3) is 0.348. The molecule has 2 aliphatic rings. The van der Waals surface area contributed by atoms with E-state index in [0.717, 1.165) is 36.5 Å². The minimum absolute atomic E-state index is 0.00524. The maximum absolute atomic E-state index is 12.9. The molecule has 2 aromatic heterocycles. The topological polar surface area (TPSA) is 91.8 Å². The van der Waals surface area contributed by atoms with Gasteiger partial charge in [-0.2, -0.15) is 0 Å². The van der Waals surface area contributed by atoms with Crippen molar-refractivity contribution in [3.63, 3.8) is 0 Å². The Hall–Kier alpha value is -3.19. The van der Waals surface area contributed by atoms with E-state index >= 15 is 0 Å². The number of nitrogens with zero attached hydrogens (tertiary/aromatic N) is 2. The molecule has 30 heavy (non-hydrogen) atoms. The largest absolute Gasteiger partial charge is 0.349 e. The van der Waals surface area contributed by atoms with Gasteiger partial charge < -0.3 is 20.2 Å². The van der Waals surface area contributed by atoms with Crippen molar-refractivity contribution >= 4 is 5.91 Å².